The highest BCUT2D eigenvalue weighted by Crippen LogP contribution is 2.53. The molecule has 0 spiro atoms. The molecule has 0 saturated heterocycles. The highest BCUT2D eigenvalue weighted by molar-refractivity contribution is 6.81. The Bertz CT molecular complexity index is 3510. The van der Waals surface area contributed by atoms with E-state index in [4.69, 9.17) is 69.8 Å². The first-order valence-electron chi connectivity index (χ1n) is 45.0. The molecule has 0 aromatic rings. The fraction of sp³-hybridized carbons (Fsp3) is 0.833. The maximum atomic E-state index is 14.0. The third-order valence-electron chi connectivity index (χ3n) is 22.8. The molecule has 0 radical (unpaired) electrons. The van der Waals surface area contributed by atoms with Crippen LogP contribution in [0.2, 0.25) is 45.3 Å². The van der Waals surface area contributed by atoms with Crippen molar-refractivity contribution in [2.24, 2.45) is 60.6 Å². The fourth-order valence-corrected chi connectivity index (χ4v) is 28.0. The number of carbonyl (C=O) groups excluding carboxylic acids is 11. The number of unbranched alkanes of at least 4 members (excludes halogenated alkanes) is 2. The van der Waals surface area contributed by atoms with Gasteiger partial charge < -0.3 is 91.1 Å². The second kappa shape index (κ2) is 51.1. The second-order valence-electron chi connectivity index (χ2n) is 42.6. The lowest BCUT2D eigenvalue weighted by molar-refractivity contribution is -0.188. The Morgan fingerprint density at radius 1 is 0.413 bits per heavy atom. The standard InChI is InChI=1S/C90H155F3N4O26Si3/c1-22-70(98)113-38-40-116-77(105)94-59-88(14)48-66(46-82(5,6)58-88)44-76(104)121-69(53-109-34-28-42-124(122-125(16,17)18)123-126(19,20)21)54-118-78(106)95-60-87(13)47-65(45-81(3,4)57-87)43-75(103)120-63-89(15,61-110-64-90(91,92)93)62-119-74(102)31-33-86(12)51-67(49-83(7,8)56-86)96-79(107)115-37-25-24-29-72(100)111-35-26-27-36-112-73(101)30-32-85(11)52-68(50-84(9,10)55-85)97-80(108)117-41-39-114-71(99)23-2/h22-23,65-69,124H,1-2,24-64H2,3-21H3,(H,94,105)(H,95,106)(H,96,107)(H,97,108). The number of esters is 7. The van der Waals surface area contributed by atoms with Gasteiger partial charge in [-0.25, -0.2) is 28.8 Å². The van der Waals surface area contributed by atoms with E-state index in [-0.39, 0.29) is 162 Å². The first-order valence-corrected chi connectivity index (χ1v) is 53.5. The van der Waals surface area contributed by atoms with E-state index in [1.54, 1.807) is 0 Å². The predicted octanol–water partition coefficient (Wildman–Crippen LogP) is 16.5. The van der Waals surface area contributed by atoms with Crippen molar-refractivity contribution in [3.05, 3.63) is 25.3 Å². The average Bonchev–Trinajstić information content (AvgIpc) is 0.811. The van der Waals surface area contributed by atoms with E-state index in [2.05, 4.69) is 136 Å². The van der Waals surface area contributed by atoms with Crippen LogP contribution in [0.5, 0.6) is 0 Å². The molecule has 0 bridgehead atoms. The molecule has 4 N–H and O–H groups in total. The summed E-state index contributed by atoms with van der Waals surface area (Å²) in [5, 5.41) is 11.7. The Morgan fingerprint density at radius 2 is 0.810 bits per heavy atom. The lowest BCUT2D eigenvalue weighted by atomic mass is 9.60. The van der Waals surface area contributed by atoms with Crippen LogP contribution in [0.25, 0.3) is 0 Å². The van der Waals surface area contributed by atoms with Crippen LogP contribution < -0.4 is 21.3 Å². The van der Waals surface area contributed by atoms with Gasteiger partial charge in [-0.05, 0) is 222 Å². The molecule has 0 aromatic heterocycles. The molecule has 0 heterocycles. The second-order valence-corrected chi connectivity index (χ2v) is 54.4. The summed E-state index contributed by atoms with van der Waals surface area (Å²) in [5.74, 6) is -4.09. The van der Waals surface area contributed by atoms with E-state index in [0.29, 0.717) is 115 Å². The number of hydrogen-bond donors (Lipinski definition) is 4. The monoisotopic (exact) mass is 1850 g/mol. The number of rotatable bonds is 54. The molecule has 4 aliphatic carbocycles. The van der Waals surface area contributed by atoms with Crippen molar-refractivity contribution < 1.29 is 136 Å². The number of amides is 4. The summed E-state index contributed by atoms with van der Waals surface area (Å²) in [6, 6.07) is 0.227. The highest BCUT2D eigenvalue weighted by atomic mass is 28.4. The molecule has 4 aliphatic rings. The van der Waals surface area contributed by atoms with Gasteiger partial charge in [-0.15, -0.1) is 0 Å². The molecule has 0 aliphatic heterocycles. The smallest absolute Gasteiger partial charge is 0.411 e. The van der Waals surface area contributed by atoms with E-state index in [9.17, 15) is 65.9 Å². The third kappa shape index (κ3) is 49.2. The van der Waals surface area contributed by atoms with Gasteiger partial charge in [0, 0.05) is 76.0 Å². The van der Waals surface area contributed by atoms with Gasteiger partial charge in [0.2, 0.25) is 0 Å². The summed E-state index contributed by atoms with van der Waals surface area (Å²) in [6.45, 7) is 43.2. The Morgan fingerprint density at radius 3 is 1.28 bits per heavy atom. The molecule has 4 saturated carbocycles. The van der Waals surface area contributed by atoms with Gasteiger partial charge in [-0.1, -0.05) is 103 Å². The molecule has 30 nitrogen and oxygen atoms in total. The summed E-state index contributed by atoms with van der Waals surface area (Å²) in [5.41, 5.74) is -3.96. The average molecular weight is 1850 g/mol. The zero-order chi connectivity index (χ0) is 94.7. The molecule has 0 aromatic carbocycles. The molecule has 126 heavy (non-hydrogen) atoms. The van der Waals surface area contributed by atoms with Crippen LogP contribution in [0.4, 0.5) is 32.3 Å². The number of hydrogen-bond acceptors (Lipinski definition) is 26. The number of halogens is 3. The Kier molecular flexibility index (Phi) is 45.2. The van der Waals surface area contributed by atoms with Gasteiger partial charge in [0.15, 0.2) is 22.7 Å². The topological polar surface area (TPSA) is 374 Å². The molecular formula is C90H155F3N4O26Si3. The Hall–Kier alpha value is -6.87. The minimum Gasteiger partial charge on any atom is -0.466 e. The Balaban J connectivity index is 1.23. The molecule has 4 fully saturated rings. The number of alkyl halides is 3. The van der Waals surface area contributed by atoms with Crippen LogP contribution in [0.15, 0.2) is 25.3 Å². The third-order valence-corrected chi connectivity index (χ3v) is 31.4. The van der Waals surface area contributed by atoms with Crippen LogP contribution in [0, 0.1) is 60.6 Å². The van der Waals surface area contributed by atoms with E-state index < -0.39 is 146 Å². The van der Waals surface area contributed by atoms with Gasteiger partial charge >= 0.3 is 81.6 Å². The molecule has 4 rings (SSSR count). The van der Waals surface area contributed by atoms with E-state index >= 15 is 0 Å². The summed E-state index contributed by atoms with van der Waals surface area (Å²) in [6.07, 6.45) is 5.21. The minimum absolute atomic E-state index is 0.0537. The van der Waals surface area contributed by atoms with E-state index in [0.717, 1.165) is 31.4 Å². The van der Waals surface area contributed by atoms with E-state index in [1.807, 2.05) is 20.8 Å². The molecule has 10 atom stereocenters. The van der Waals surface area contributed by atoms with Crippen molar-refractivity contribution in [3.63, 3.8) is 0 Å². The zero-order valence-electron chi connectivity index (χ0n) is 79.3. The van der Waals surface area contributed by atoms with Crippen molar-refractivity contribution in [2.75, 3.05) is 106 Å². The van der Waals surface area contributed by atoms with Gasteiger partial charge in [-0.3, -0.25) is 24.0 Å². The van der Waals surface area contributed by atoms with Gasteiger partial charge in [-0.2, -0.15) is 13.2 Å². The minimum atomic E-state index is -4.67. The maximum absolute atomic E-state index is 14.0. The fourth-order valence-electron chi connectivity index (χ4n) is 19.6. The first kappa shape index (κ1) is 111. The van der Waals surface area contributed by atoms with Crippen molar-refractivity contribution in [3.8, 4) is 0 Å². The summed E-state index contributed by atoms with van der Waals surface area (Å²) in [4.78, 5) is 142. The molecule has 724 valence electrons. The number of alkyl carbamates (subject to hydrolysis) is 4. The summed E-state index contributed by atoms with van der Waals surface area (Å²) >= 11 is 0. The summed E-state index contributed by atoms with van der Waals surface area (Å²) < 4.78 is 125. The lowest BCUT2D eigenvalue weighted by Gasteiger charge is -2.46. The predicted molar refractivity (Wildman–Crippen MR) is 473 cm³/mol. The van der Waals surface area contributed by atoms with Crippen molar-refractivity contribution >= 4 is 92.1 Å². The number of nitrogens with one attached hydrogen (secondary N) is 4. The van der Waals surface area contributed by atoms with Crippen LogP contribution in [0.1, 0.15) is 244 Å². The van der Waals surface area contributed by atoms with Crippen LogP contribution in [-0.4, -0.2) is 222 Å². The van der Waals surface area contributed by atoms with Gasteiger partial charge in [0.25, 0.3) is 0 Å². The molecule has 10 unspecified atom stereocenters. The van der Waals surface area contributed by atoms with Crippen molar-refractivity contribution in [1.29, 1.82) is 0 Å². The zero-order valence-corrected chi connectivity index (χ0v) is 82.4. The molecular weight excluding hydrogens is 1690 g/mol. The van der Waals surface area contributed by atoms with Gasteiger partial charge in [0.1, 0.15) is 52.9 Å². The number of carbonyl (C=O) groups is 11. The maximum Gasteiger partial charge on any atom is 0.411 e. The lowest BCUT2D eigenvalue weighted by Crippen LogP contribution is -2.47. The largest absolute Gasteiger partial charge is 0.466 e. The van der Waals surface area contributed by atoms with Crippen LogP contribution in [-0.2, 0) is 103 Å². The van der Waals surface area contributed by atoms with Crippen LogP contribution in [0.3, 0.4) is 0 Å². The molecule has 4 amide bonds. The van der Waals surface area contributed by atoms with Crippen LogP contribution >= 0.6 is 0 Å². The summed E-state index contributed by atoms with van der Waals surface area (Å²) in [7, 11) is -5.85. The van der Waals surface area contributed by atoms with E-state index in [1.165, 1.54) is 6.92 Å². The highest BCUT2D eigenvalue weighted by Gasteiger charge is 2.48. The Labute approximate surface area is 750 Å². The molecule has 36 heteroatoms. The number of ether oxygens (including phenoxy) is 13. The first-order chi connectivity index (χ1) is 58.3. The van der Waals surface area contributed by atoms with Crippen molar-refractivity contribution in [1.82, 2.24) is 21.3 Å². The normalized spacial score (nSPS) is 23.9. The van der Waals surface area contributed by atoms with Gasteiger partial charge in [0.05, 0.1) is 38.4 Å². The quantitative estimate of drug-likeness (QED) is 0.0144. The SMILES string of the molecule is C=CC(=O)OCCOC(=O)NCC1(C)CC(CC(=O)OC(COCCC[SiH](O[Si](C)(C)C)O[Si](C)(C)C)COC(=O)NCC2(C)CC(CC(=O)OCC(C)(COCC(F)(F)F)COC(=O)CCC3(C)CC(NC(=O)OCCCCC(=O)OCCCCOC(=O)CCC4(C)CC(NC(=O)OCCOC(=O)C=C)CC(C)(C)C4)CC(C)(C)C3)CC(C)(C)C2)CC(C)(C)C1. The van der Waals surface area contributed by atoms with Crippen molar-refractivity contribution in [2.45, 2.75) is 314 Å².